The fraction of sp³-hybridized carbons (Fsp3) is 0.200. The van der Waals surface area contributed by atoms with Gasteiger partial charge in [-0.3, -0.25) is 20.4 Å². The van der Waals surface area contributed by atoms with Gasteiger partial charge < -0.3 is 4.57 Å². The van der Waals surface area contributed by atoms with E-state index in [1.165, 1.54) is 0 Å². The lowest BCUT2D eigenvalue weighted by molar-refractivity contribution is -0.124. The van der Waals surface area contributed by atoms with E-state index in [4.69, 9.17) is 11.6 Å². The van der Waals surface area contributed by atoms with Crippen LogP contribution in [0.15, 0.2) is 54.7 Å². The lowest BCUT2D eigenvalue weighted by Gasteiger charge is -2.16. The predicted molar refractivity (Wildman–Crippen MR) is 101 cm³/mol. The average molecular weight is 368 g/mol. The fourth-order valence-corrected chi connectivity index (χ4v) is 3.57. The Bertz CT molecular complexity index is 1020. The molecule has 3 aromatic rings. The normalized spacial score (nSPS) is 14.8. The van der Waals surface area contributed by atoms with Crippen LogP contribution in [0.2, 0.25) is 5.02 Å². The standard InChI is InChI=1S/C20H18ClN3O2/c1-24-12-16(15-7-2-3-8-17(15)24)18(25)22-23-19(26)20(9-10-20)13-5-4-6-14(21)11-13/h2-8,11-12H,9-10H2,1H3,(H,22,25)(H,23,26). The maximum Gasteiger partial charge on any atom is 0.271 e. The summed E-state index contributed by atoms with van der Waals surface area (Å²) in [4.78, 5) is 25.2. The Morgan fingerprint density at radius 3 is 2.58 bits per heavy atom. The number of carbonyl (C=O) groups excluding carboxylic acids is 2. The quantitative estimate of drug-likeness (QED) is 0.697. The maximum absolute atomic E-state index is 12.7. The van der Waals surface area contributed by atoms with Gasteiger partial charge in [-0.05, 0) is 36.6 Å². The summed E-state index contributed by atoms with van der Waals surface area (Å²) in [5, 5.41) is 1.44. The minimum Gasteiger partial charge on any atom is -0.350 e. The minimum atomic E-state index is -0.600. The Morgan fingerprint density at radius 2 is 1.85 bits per heavy atom. The number of nitrogens with zero attached hydrogens (tertiary/aromatic N) is 1. The Kier molecular flexibility index (Phi) is 3.96. The zero-order valence-corrected chi connectivity index (χ0v) is 15.0. The molecule has 5 nitrogen and oxygen atoms in total. The Labute approximate surface area is 155 Å². The Morgan fingerprint density at radius 1 is 1.08 bits per heavy atom. The summed E-state index contributed by atoms with van der Waals surface area (Å²) < 4.78 is 1.89. The molecule has 1 fully saturated rings. The third-order valence-corrected chi connectivity index (χ3v) is 5.23. The molecule has 2 amide bonds. The molecule has 2 N–H and O–H groups in total. The molecule has 26 heavy (non-hydrogen) atoms. The highest BCUT2D eigenvalue weighted by atomic mass is 35.5. The van der Waals surface area contributed by atoms with Gasteiger partial charge in [-0.2, -0.15) is 0 Å². The molecule has 2 aromatic carbocycles. The van der Waals surface area contributed by atoms with E-state index in [0.29, 0.717) is 10.6 Å². The van der Waals surface area contributed by atoms with Crippen molar-refractivity contribution in [2.24, 2.45) is 7.05 Å². The summed E-state index contributed by atoms with van der Waals surface area (Å²) in [5.74, 6) is -0.551. The third kappa shape index (κ3) is 2.74. The molecule has 0 saturated heterocycles. The molecule has 0 unspecified atom stereocenters. The molecule has 1 aliphatic carbocycles. The number of aryl methyl sites for hydroxylation is 1. The summed E-state index contributed by atoms with van der Waals surface area (Å²) >= 11 is 6.04. The van der Waals surface area contributed by atoms with Crippen LogP contribution in [0.3, 0.4) is 0 Å². The molecule has 132 valence electrons. The van der Waals surface area contributed by atoms with Gasteiger partial charge in [0.15, 0.2) is 0 Å². The van der Waals surface area contributed by atoms with Crippen molar-refractivity contribution in [2.75, 3.05) is 0 Å². The summed E-state index contributed by atoms with van der Waals surface area (Å²) in [5.41, 5.74) is 6.90. The molecular weight excluding hydrogens is 350 g/mol. The van der Waals surface area contributed by atoms with Crippen LogP contribution in [0.1, 0.15) is 28.8 Å². The zero-order valence-electron chi connectivity index (χ0n) is 14.3. The highest BCUT2D eigenvalue weighted by Crippen LogP contribution is 2.48. The summed E-state index contributed by atoms with van der Waals surface area (Å²) in [6.07, 6.45) is 3.24. The second-order valence-electron chi connectivity index (χ2n) is 6.67. The van der Waals surface area contributed by atoms with Gasteiger partial charge in [0, 0.05) is 29.2 Å². The van der Waals surface area contributed by atoms with E-state index >= 15 is 0 Å². The molecule has 1 aromatic heterocycles. The number of hydrazine groups is 1. The minimum absolute atomic E-state index is 0.214. The molecule has 6 heteroatoms. The van der Waals surface area contributed by atoms with Gasteiger partial charge in [-0.15, -0.1) is 0 Å². The largest absolute Gasteiger partial charge is 0.350 e. The van der Waals surface area contributed by atoms with E-state index in [2.05, 4.69) is 10.9 Å². The van der Waals surface area contributed by atoms with Gasteiger partial charge in [0.05, 0.1) is 11.0 Å². The first-order chi connectivity index (χ1) is 12.5. The first kappa shape index (κ1) is 16.7. The van der Waals surface area contributed by atoms with Gasteiger partial charge in [-0.1, -0.05) is 41.9 Å². The van der Waals surface area contributed by atoms with Crippen molar-refractivity contribution < 1.29 is 9.59 Å². The lowest BCUT2D eigenvalue weighted by Crippen LogP contribution is -2.46. The molecule has 1 saturated carbocycles. The van der Waals surface area contributed by atoms with E-state index < -0.39 is 5.41 Å². The number of benzene rings is 2. The van der Waals surface area contributed by atoms with Crippen molar-refractivity contribution in [3.63, 3.8) is 0 Å². The van der Waals surface area contributed by atoms with E-state index in [-0.39, 0.29) is 11.8 Å². The van der Waals surface area contributed by atoms with Crippen LogP contribution in [-0.4, -0.2) is 16.4 Å². The van der Waals surface area contributed by atoms with Crippen molar-refractivity contribution in [1.29, 1.82) is 0 Å². The number of fused-ring (bicyclic) bond motifs is 1. The number of halogens is 1. The van der Waals surface area contributed by atoms with Gasteiger partial charge in [0.2, 0.25) is 5.91 Å². The second-order valence-corrected chi connectivity index (χ2v) is 7.11. The predicted octanol–water partition coefficient (Wildman–Crippen LogP) is 3.32. The Balaban J connectivity index is 1.50. The van der Waals surface area contributed by atoms with E-state index in [9.17, 15) is 9.59 Å². The maximum atomic E-state index is 12.7. The van der Waals surface area contributed by atoms with Crippen molar-refractivity contribution in [3.8, 4) is 0 Å². The molecule has 0 spiro atoms. The average Bonchev–Trinajstić information content (AvgIpc) is 3.39. The van der Waals surface area contributed by atoms with Gasteiger partial charge in [-0.25, -0.2) is 0 Å². The topological polar surface area (TPSA) is 63.1 Å². The number of hydrogen-bond donors (Lipinski definition) is 2. The van der Waals surface area contributed by atoms with Crippen molar-refractivity contribution >= 4 is 34.3 Å². The number of carbonyl (C=O) groups is 2. The van der Waals surface area contributed by atoms with Crippen LogP contribution in [-0.2, 0) is 17.3 Å². The number of rotatable bonds is 3. The SMILES string of the molecule is Cn1cc(C(=O)NNC(=O)C2(c3cccc(Cl)c3)CC2)c2ccccc21. The van der Waals surface area contributed by atoms with E-state index in [0.717, 1.165) is 29.3 Å². The summed E-state index contributed by atoms with van der Waals surface area (Å²) in [6.45, 7) is 0. The van der Waals surface area contributed by atoms with Crippen molar-refractivity contribution in [3.05, 3.63) is 70.9 Å². The number of amides is 2. The number of aromatic nitrogens is 1. The van der Waals surface area contributed by atoms with Crippen molar-refractivity contribution in [1.82, 2.24) is 15.4 Å². The van der Waals surface area contributed by atoms with Crippen LogP contribution < -0.4 is 10.9 Å². The molecule has 0 bridgehead atoms. The molecule has 0 radical (unpaired) electrons. The first-order valence-corrected chi connectivity index (χ1v) is 8.80. The van der Waals surface area contributed by atoms with E-state index in [1.807, 2.05) is 48.0 Å². The smallest absolute Gasteiger partial charge is 0.271 e. The number of para-hydroxylation sites is 1. The zero-order chi connectivity index (χ0) is 18.3. The third-order valence-electron chi connectivity index (χ3n) is 4.99. The number of nitrogens with one attached hydrogen (secondary N) is 2. The van der Waals surface area contributed by atoms with Gasteiger partial charge in [0.1, 0.15) is 0 Å². The van der Waals surface area contributed by atoms with Crippen LogP contribution in [0.5, 0.6) is 0 Å². The van der Waals surface area contributed by atoms with Gasteiger partial charge in [0.25, 0.3) is 5.91 Å². The first-order valence-electron chi connectivity index (χ1n) is 8.42. The molecule has 1 heterocycles. The van der Waals surface area contributed by atoms with Crippen LogP contribution in [0, 0.1) is 0 Å². The highest BCUT2D eigenvalue weighted by Gasteiger charge is 2.51. The highest BCUT2D eigenvalue weighted by molar-refractivity contribution is 6.30. The second kappa shape index (κ2) is 6.18. The van der Waals surface area contributed by atoms with Crippen LogP contribution in [0.25, 0.3) is 10.9 Å². The molecular formula is C20H18ClN3O2. The van der Waals surface area contributed by atoms with Crippen LogP contribution in [0.4, 0.5) is 0 Å². The molecule has 4 rings (SSSR count). The molecule has 1 aliphatic rings. The van der Waals surface area contributed by atoms with Crippen LogP contribution >= 0.6 is 11.6 Å². The summed E-state index contributed by atoms with van der Waals surface area (Å²) in [7, 11) is 1.88. The van der Waals surface area contributed by atoms with E-state index in [1.54, 1.807) is 18.3 Å². The van der Waals surface area contributed by atoms with Gasteiger partial charge >= 0.3 is 0 Å². The lowest BCUT2D eigenvalue weighted by atomic mass is 9.95. The summed E-state index contributed by atoms with van der Waals surface area (Å²) in [6, 6.07) is 15.0. The molecule has 0 atom stereocenters. The number of hydrogen-bond acceptors (Lipinski definition) is 2. The fourth-order valence-electron chi connectivity index (χ4n) is 3.38. The molecule has 0 aliphatic heterocycles. The monoisotopic (exact) mass is 367 g/mol. The Hall–Kier alpha value is -2.79. The van der Waals surface area contributed by atoms with Crippen molar-refractivity contribution in [2.45, 2.75) is 18.3 Å².